The summed E-state index contributed by atoms with van der Waals surface area (Å²) in [6, 6.07) is 5.22. The van der Waals surface area contributed by atoms with E-state index in [1.807, 2.05) is 12.1 Å². The van der Waals surface area contributed by atoms with Gasteiger partial charge in [0, 0.05) is 37.9 Å². The van der Waals surface area contributed by atoms with E-state index in [0.717, 1.165) is 24.8 Å². The first-order valence-corrected chi connectivity index (χ1v) is 8.11. The largest absolute Gasteiger partial charge is 0.352 e. The average molecular weight is 326 g/mol. The molecule has 126 valence electrons. The zero-order valence-corrected chi connectivity index (χ0v) is 13.8. The maximum Gasteiger partial charge on any atom is 0.253 e. The Bertz CT molecular complexity index is 674. The molecule has 6 heteroatoms. The topological polar surface area (TPSA) is 84.0 Å². The van der Waals surface area contributed by atoms with E-state index in [-0.39, 0.29) is 11.8 Å². The summed E-state index contributed by atoms with van der Waals surface area (Å²) in [5, 5.41) is 5.64. The Morgan fingerprint density at radius 2 is 1.62 bits per heavy atom. The Kier molecular flexibility index (Phi) is 6.89. The lowest BCUT2D eigenvalue weighted by molar-refractivity contribution is 0.0950. The highest BCUT2D eigenvalue weighted by molar-refractivity contribution is 5.99. The number of pyridine rings is 2. The zero-order chi connectivity index (χ0) is 17.2. The van der Waals surface area contributed by atoms with E-state index < -0.39 is 0 Å². The number of unbranched alkanes of at least 4 members (excludes halogenated alkanes) is 2. The predicted octanol–water partition coefficient (Wildman–Crippen LogP) is 2.33. The van der Waals surface area contributed by atoms with Gasteiger partial charge in [-0.15, -0.1) is 0 Å². The van der Waals surface area contributed by atoms with Crippen molar-refractivity contribution in [1.82, 2.24) is 20.6 Å². The molecule has 0 aromatic carbocycles. The molecule has 0 radical (unpaired) electrons. The first-order valence-electron chi connectivity index (χ1n) is 8.11. The van der Waals surface area contributed by atoms with Gasteiger partial charge in [0.2, 0.25) is 0 Å². The number of hydrogen-bond donors (Lipinski definition) is 2. The van der Waals surface area contributed by atoms with E-state index in [2.05, 4.69) is 27.5 Å². The summed E-state index contributed by atoms with van der Waals surface area (Å²) < 4.78 is 0. The van der Waals surface area contributed by atoms with Crippen LogP contribution in [0.4, 0.5) is 0 Å². The molecule has 2 amide bonds. The zero-order valence-electron chi connectivity index (χ0n) is 13.8. The summed E-state index contributed by atoms with van der Waals surface area (Å²) in [4.78, 5) is 32.2. The molecular weight excluding hydrogens is 304 g/mol. The quantitative estimate of drug-likeness (QED) is 0.729. The van der Waals surface area contributed by atoms with E-state index in [1.165, 1.54) is 12.4 Å². The van der Waals surface area contributed by atoms with Gasteiger partial charge in [-0.2, -0.15) is 0 Å². The molecule has 2 N–H and O–H groups in total. The van der Waals surface area contributed by atoms with Crippen LogP contribution in [-0.4, -0.2) is 28.3 Å². The van der Waals surface area contributed by atoms with Gasteiger partial charge in [-0.05, 0) is 30.2 Å². The maximum absolute atomic E-state index is 12.2. The molecule has 0 spiro atoms. The Hall–Kier alpha value is -2.76. The van der Waals surface area contributed by atoms with Crippen LogP contribution < -0.4 is 10.6 Å². The second-order valence-electron chi connectivity index (χ2n) is 5.46. The first-order chi connectivity index (χ1) is 11.7. The average Bonchev–Trinajstić information content (AvgIpc) is 2.64. The highest BCUT2D eigenvalue weighted by Crippen LogP contribution is 2.04. The molecule has 2 aromatic rings. The van der Waals surface area contributed by atoms with Crippen LogP contribution in [0.2, 0.25) is 0 Å². The monoisotopic (exact) mass is 326 g/mol. The van der Waals surface area contributed by atoms with Gasteiger partial charge in [0.1, 0.15) is 0 Å². The number of nitrogens with one attached hydrogen (secondary N) is 2. The summed E-state index contributed by atoms with van der Waals surface area (Å²) >= 11 is 0. The number of amides is 2. The maximum atomic E-state index is 12.2. The highest BCUT2D eigenvalue weighted by atomic mass is 16.2. The number of aromatic nitrogens is 2. The van der Waals surface area contributed by atoms with Crippen LogP contribution in [-0.2, 0) is 6.54 Å². The molecule has 0 unspecified atom stereocenters. The third kappa shape index (κ3) is 5.46. The molecule has 2 aromatic heterocycles. The van der Waals surface area contributed by atoms with Crippen molar-refractivity contribution in [3.05, 3.63) is 59.7 Å². The van der Waals surface area contributed by atoms with Crippen molar-refractivity contribution in [1.29, 1.82) is 0 Å². The number of rotatable bonds is 8. The molecule has 6 nitrogen and oxygen atoms in total. The van der Waals surface area contributed by atoms with E-state index >= 15 is 0 Å². The third-order valence-corrected chi connectivity index (χ3v) is 3.53. The van der Waals surface area contributed by atoms with E-state index in [4.69, 9.17) is 0 Å². The van der Waals surface area contributed by atoms with Crippen molar-refractivity contribution >= 4 is 11.8 Å². The van der Waals surface area contributed by atoms with Gasteiger partial charge in [0.15, 0.2) is 0 Å². The summed E-state index contributed by atoms with van der Waals surface area (Å²) in [6.45, 7) is 3.14. The Morgan fingerprint density at radius 1 is 0.958 bits per heavy atom. The standard InChI is InChI=1S/C18H22N4O2/c1-2-3-4-7-21-17(23)15-10-16(13-20-12-15)18(24)22-11-14-5-8-19-9-6-14/h5-6,8-10,12-13H,2-4,7,11H2,1H3,(H,21,23)(H,22,24). The van der Waals surface area contributed by atoms with Crippen LogP contribution in [0.25, 0.3) is 0 Å². The summed E-state index contributed by atoms with van der Waals surface area (Å²) in [5.74, 6) is -0.470. The number of carbonyl (C=O) groups excluding carboxylic acids is 2. The summed E-state index contributed by atoms with van der Waals surface area (Å²) in [5.41, 5.74) is 1.71. The molecule has 0 bridgehead atoms. The van der Waals surface area contributed by atoms with Crippen molar-refractivity contribution in [3.8, 4) is 0 Å². The SMILES string of the molecule is CCCCCNC(=O)c1cncc(C(=O)NCc2ccncc2)c1. The van der Waals surface area contributed by atoms with Gasteiger partial charge >= 0.3 is 0 Å². The normalized spacial score (nSPS) is 10.2. The molecule has 2 heterocycles. The minimum atomic E-state index is -0.264. The van der Waals surface area contributed by atoms with E-state index in [9.17, 15) is 9.59 Å². The van der Waals surface area contributed by atoms with Gasteiger partial charge in [-0.25, -0.2) is 0 Å². The van der Waals surface area contributed by atoms with Gasteiger partial charge in [-0.3, -0.25) is 19.6 Å². The number of carbonyl (C=O) groups is 2. The van der Waals surface area contributed by atoms with Crippen molar-refractivity contribution in [2.75, 3.05) is 6.54 Å². The molecule has 24 heavy (non-hydrogen) atoms. The van der Waals surface area contributed by atoms with Crippen LogP contribution in [0.5, 0.6) is 0 Å². The van der Waals surface area contributed by atoms with Gasteiger partial charge in [0.25, 0.3) is 11.8 Å². The van der Waals surface area contributed by atoms with E-state index in [0.29, 0.717) is 24.2 Å². The van der Waals surface area contributed by atoms with Crippen molar-refractivity contribution in [2.24, 2.45) is 0 Å². The van der Waals surface area contributed by atoms with E-state index in [1.54, 1.807) is 18.5 Å². The summed E-state index contributed by atoms with van der Waals surface area (Å²) in [7, 11) is 0. The first kappa shape index (κ1) is 17.6. The van der Waals surface area contributed by atoms with Gasteiger partial charge in [0.05, 0.1) is 11.1 Å². The highest BCUT2D eigenvalue weighted by Gasteiger charge is 2.11. The second kappa shape index (κ2) is 9.39. The van der Waals surface area contributed by atoms with Crippen LogP contribution in [0.3, 0.4) is 0 Å². The lowest BCUT2D eigenvalue weighted by atomic mass is 10.1. The fourth-order valence-electron chi connectivity index (χ4n) is 2.15. The molecule has 0 atom stereocenters. The Balaban J connectivity index is 1.91. The van der Waals surface area contributed by atoms with Crippen molar-refractivity contribution < 1.29 is 9.59 Å². The predicted molar refractivity (Wildman–Crippen MR) is 91.5 cm³/mol. The molecule has 0 fully saturated rings. The van der Waals surface area contributed by atoms with Crippen LogP contribution >= 0.6 is 0 Å². The van der Waals surface area contributed by atoms with Crippen molar-refractivity contribution in [2.45, 2.75) is 32.7 Å². The molecule has 0 aliphatic carbocycles. The molecule has 0 aliphatic rings. The minimum absolute atomic E-state index is 0.206. The molecule has 0 aliphatic heterocycles. The molecule has 0 saturated carbocycles. The number of nitrogens with zero attached hydrogens (tertiary/aromatic N) is 2. The van der Waals surface area contributed by atoms with Gasteiger partial charge in [-0.1, -0.05) is 19.8 Å². The number of hydrogen-bond acceptors (Lipinski definition) is 4. The van der Waals surface area contributed by atoms with Crippen LogP contribution in [0.1, 0.15) is 52.5 Å². The lowest BCUT2D eigenvalue weighted by Gasteiger charge is -2.07. The molecule has 2 rings (SSSR count). The molecule has 0 saturated heterocycles. The van der Waals surface area contributed by atoms with Crippen molar-refractivity contribution in [3.63, 3.8) is 0 Å². The Morgan fingerprint density at radius 3 is 2.29 bits per heavy atom. The van der Waals surface area contributed by atoms with Crippen LogP contribution in [0, 0.1) is 0 Å². The van der Waals surface area contributed by atoms with Crippen LogP contribution in [0.15, 0.2) is 43.0 Å². The third-order valence-electron chi connectivity index (χ3n) is 3.53. The second-order valence-corrected chi connectivity index (χ2v) is 5.46. The Labute approximate surface area is 141 Å². The lowest BCUT2D eigenvalue weighted by Crippen LogP contribution is -2.26. The fourth-order valence-corrected chi connectivity index (χ4v) is 2.15. The minimum Gasteiger partial charge on any atom is -0.352 e. The smallest absolute Gasteiger partial charge is 0.253 e. The van der Waals surface area contributed by atoms with Gasteiger partial charge < -0.3 is 10.6 Å². The summed E-state index contributed by atoms with van der Waals surface area (Å²) in [6.07, 6.45) is 9.39. The fraction of sp³-hybridized carbons (Fsp3) is 0.333. The molecular formula is C18H22N4O2.